The molecule has 122 valence electrons. The highest BCUT2D eigenvalue weighted by Crippen LogP contribution is 2.22. The molecule has 2 aromatic rings. The van der Waals surface area contributed by atoms with Gasteiger partial charge in [-0.1, -0.05) is 36.4 Å². The van der Waals surface area contributed by atoms with E-state index in [1.807, 2.05) is 42.5 Å². The third-order valence-corrected chi connectivity index (χ3v) is 4.32. The van der Waals surface area contributed by atoms with E-state index in [-0.39, 0.29) is 24.4 Å². The maximum Gasteiger partial charge on any atom is 0.251 e. The number of amides is 1. The number of nitrogens with one attached hydrogen (secondary N) is 1. The Labute approximate surface area is 143 Å². The van der Waals surface area contributed by atoms with Gasteiger partial charge in [0, 0.05) is 18.2 Å². The van der Waals surface area contributed by atoms with Gasteiger partial charge in [0.1, 0.15) is 0 Å². The number of aryl methyl sites for hydroxylation is 2. The van der Waals surface area contributed by atoms with E-state index in [1.165, 1.54) is 24.0 Å². The summed E-state index contributed by atoms with van der Waals surface area (Å²) in [6, 6.07) is 15.7. The molecule has 2 aromatic carbocycles. The summed E-state index contributed by atoms with van der Waals surface area (Å²) in [6.45, 7) is 0.444. The highest BCUT2D eigenvalue weighted by Gasteiger charge is 2.13. The molecule has 0 bridgehead atoms. The normalized spacial score (nSPS) is 14.3. The molecule has 3 N–H and O–H groups in total. The summed E-state index contributed by atoms with van der Waals surface area (Å²) in [6.07, 6.45) is 4.69. The molecule has 1 unspecified atom stereocenters. The maximum atomic E-state index is 12.3. The van der Waals surface area contributed by atoms with Crippen LogP contribution in [0.5, 0.6) is 0 Å². The molecule has 0 spiro atoms. The molecular formula is C19H23ClN2O. The topological polar surface area (TPSA) is 55.1 Å². The molecule has 1 aliphatic carbocycles. The Kier molecular flexibility index (Phi) is 6.20. The number of hydrogen-bond acceptors (Lipinski definition) is 2. The van der Waals surface area contributed by atoms with Crippen molar-refractivity contribution < 1.29 is 4.79 Å². The Morgan fingerprint density at radius 1 is 1.04 bits per heavy atom. The van der Waals surface area contributed by atoms with Crippen LogP contribution in [-0.2, 0) is 12.8 Å². The van der Waals surface area contributed by atoms with E-state index >= 15 is 0 Å². The van der Waals surface area contributed by atoms with Gasteiger partial charge in [0.2, 0.25) is 0 Å². The lowest BCUT2D eigenvalue weighted by Gasteiger charge is -2.17. The molecule has 1 amide bonds. The van der Waals surface area contributed by atoms with Crippen LogP contribution in [0.25, 0.3) is 0 Å². The Bertz CT molecular complexity index is 658. The quantitative estimate of drug-likeness (QED) is 0.902. The second-order valence-corrected chi connectivity index (χ2v) is 5.92. The average molecular weight is 331 g/mol. The largest absolute Gasteiger partial charge is 0.350 e. The predicted molar refractivity (Wildman–Crippen MR) is 96.0 cm³/mol. The van der Waals surface area contributed by atoms with Crippen molar-refractivity contribution >= 4 is 18.3 Å². The molecule has 0 aliphatic heterocycles. The number of halogens is 1. The summed E-state index contributed by atoms with van der Waals surface area (Å²) in [7, 11) is 0. The lowest BCUT2D eigenvalue weighted by Crippen LogP contribution is -2.32. The summed E-state index contributed by atoms with van der Waals surface area (Å²) in [5.41, 5.74) is 10.6. The lowest BCUT2D eigenvalue weighted by atomic mass is 9.90. The van der Waals surface area contributed by atoms with Crippen LogP contribution in [0.4, 0.5) is 0 Å². The van der Waals surface area contributed by atoms with E-state index in [2.05, 4.69) is 11.4 Å². The Hall–Kier alpha value is -1.84. The van der Waals surface area contributed by atoms with Crippen LogP contribution in [-0.4, -0.2) is 12.5 Å². The van der Waals surface area contributed by atoms with Gasteiger partial charge in [0.05, 0.1) is 0 Å². The van der Waals surface area contributed by atoms with Gasteiger partial charge >= 0.3 is 0 Å². The molecule has 1 aliphatic rings. The van der Waals surface area contributed by atoms with Crippen LogP contribution < -0.4 is 11.1 Å². The van der Waals surface area contributed by atoms with Crippen LogP contribution in [0.1, 0.15) is 45.9 Å². The van der Waals surface area contributed by atoms with Gasteiger partial charge in [-0.15, -0.1) is 12.4 Å². The highest BCUT2D eigenvalue weighted by molar-refractivity contribution is 5.94. The van der Waals surface area contributed by atoms with Crippen molar-refractivity contribution in [1.82, 2.24) is 5.32 Å². The Morgan fingerprint density at radius 3 is 2.48 bits per heavy atom. The zero-order chi connectivity index (χ0) is 15.4. The Balaban J connectivity index is 0.00000192. The fraction of sp³-hybridized carbons (Fsp3) is 0.316. The van der Waals surface area contributed by atoms with Crippen LogP contribution in [0.15, 0.2) is 48.5 Å². The molecular weight excluding hydrogens is 308 g/mol. The van der Waals surface area contributed by atoms with E-state index < -0.39 is 0 Å². The zero-order valence-corrected chi connectivity index (χ0v) is 13.9. The van der Waals surface area contributed by atoms with E-state index in [0.717, 1.165) is 24.0 Å². The third kappa shape index (κ3) is 4.34. The molecule has 3 nitrogen and oxygen atoms in total. The fourth-order valence-corrected chi connectivity index (χ4v) is 3.00. The molecule has 0 heterocycles. The number of benzene rings is 2. The standard InChI is InChI=1S/C19H22N2O.ClH/c20-18(15-7-2-1-3-8-15)13-21-19(22)17-11-10-14-6-4-5-9-16(14)12-17;/h1-3,7-8,10-12,18H,4-6,9,13,20H2,(H,21,22);1H. The van der Waals surface area contributed by atoms with Crippen LogP contribution in [0.2, 0.25) is 0 Å². The summed E-state index contributed by atoms with van der Waals surface area (Å²) in [5.74, 6) is -0.0419. The van der Waals surface area contributed by atoms with E-state index in [4.69, 9.17) is 5.73 Å². The van der Waals surface area contributed by atoms with Crippen molar-refractivity contribution in [2.75, 3.05) is 6.54 Å². The zero-order valence-electron chi connectivity index (χ0n) is 13.1. The van der Waals surface area contributed by atoms with Crippen LogP contribution in [0.3, 0.4) is 0 Å². The minimum atomic E-state index is -0.178. The van der Waals surface area contributed by atoms with Crippen LogP contribution in [0, 0.1) is 0 Å². The third-order valence-electron chi connectivity index (χ3n) is 4.32. The molecule has 0 aromatic heterocycles. The fourth-order valence-electron chi connectivity index (χ4n) is 3.00. The van der Waals surface area contributed by atoms with Crippen molar-refractivity contribution in [1.29, 1.82) is 0 Å². The number of hydrogen-bond donors (Lipinski definition) is 2. The smallest absolute Gasteiger partial charge is 0.251 e. The second-order valence-electron chi connectivity index (χ2n) is 5.92. The summed E-state index contributed by atoms with van der Waals surface area (Å²) in [4.78, 5) is 12.3. The van der Waals surface area contributed by atoms with Crippen molar-refractivity contribution in [2.45, 2.75) is 31.7 Å². The first-order chi connectivity index (χ1) is 10.7. The highest BCUT2D eigenvalue weighted by atomic mass is 35.5. The van der Waals surface area contributed by atoms with Gasteiger partial charge in [-0.2, -0.15) is 0 Å². The van der Waals surface area contributed by atoms with Gasteiger partial charge in [0.15, 0.2) is 0 Å². The van der Waals surface area contributed by atoms with Gasteiger partial charge in [0.25, 0.3) is 5.91 Å². The number of carbonyl (C=O) groups is 1. The minimum Gasteiger partial charge on any atom is -0.350 e. The van der Waals surface area contributed by atoms with Gasteiger partial charge in [-0.3, -0.25) is 4.79 Å². The van der Waals surface area contributed by atoms with E-state index in [9.17, 15) is 4.79 Å². The van der Waals surface area contributed by atoms with Crippen LogP contribution >= 0.6 is 12.4 Å². The first-order valence-electron chi connectivity index (χ1n) is 7.94. The van der Waals surface area contributed by atoms with Crippen molar-refractivity contribution in [3.8, 4) is 0 Å². The monoisotopic (exact) mass is 330 g/mol. The summed E-state index contributed by atoms with van der Waals surface area (Å²) in [5, 5.41) is 2.94. The van der Waals surface area contributed by atoms with Crippen molar-refractivity contribution in [3.05, 3.63) is 70.8 Å². The molecule has 1 atom stereocenters. The molecule has 0 saturated heterocycles. The minimum absolute atomic E-state index is 0. The molecule has 0 fully saturated rings. The number of carbonyl (C=O) groups excluding carboxylic acids is 1. The van der Waals surface area contributed by atoms with E-state index in [1.54, 1.807) is 0 Å². The SMILES string of the molecule is Cl.NC(CNC(=O)c1ccc2c(c1)CCCC2)c1ccccc1. The number of fused-ring (bicyclic) bond motifs is 1. The van der Waals surface area contributed by atoms with Crippen molar-refractivity contribution in [2.24, 2.45) is 5.73 Å². The maximum absolute atomic E-state index is 12.3. The Morgan fingerprint density at radius 2 is 1.74 bits per heavy atom. The second kappa shape index (κ2) is 8.14. The van der Waals surface area contributed by atoms with Gasteiger partial charge < -0.3 is 11.1 Å². The first-order valence-corrected chi connectivity index (χ1v) is 7.94. The van der Waals surface area contributed by atoms with Gasteiger partial charge in [-0.25, -0.2) is 0 Å². The van der Waals surface area contributed by atoms with Crippen molar-refractivity contribution in [3.63, 3.8) is 0 Å². The molecule has 23 heavy (non-hydrogen) atoms. The predicted octanol–water partition coefficient (Wildman–Crippen LogP) is 3.42. The molecule has 0 radical (unpaired) electrons. The summed E-state index contributed by atoms with van der Waals surface area (Å²) < 4.78 is 0. The lowest BCUT2D eigenvalue weighted by molar-refractivity contribution is 0.0951. The molecule has 0 saturated carbocycles. The van der Waals surface area contributed by atoms with E-state index in [0.29, 0.717) is 6.54 Å². The number of nitrogens with two attached hydrogens (primary N) is 1. The first kappa shape index (κ1) is 17.5. The number of rotatable bonds is 4. The van der Waals surface area contributed by atoms with Gasteiger partial charge in [-0.05, 0) is 54.5 Å². The average Bonchev–Trinajstić information content (AvgIpc) is 2.59. The molecule has 4 heteroatoms. The summed E-state index contributed by atoms with van der Waals surface area (Å²) >= 11 is 0. The molecule has 3 rings (SSSR count).